The zero-order chi connectivity index (χ0) is 10.6. The van der Waals surface area contributed by atoms with Crippen LogP contribution in [0.3, 0.4) is 0 Å². The molecule has 0 aromatic carbocycles. The molecule has 0 amide bonds. The highest BCUT2D eigenvalue weighted by Crippen LogP contribution is 2.34. The zero-order valence-corrected chi connectivity index (χ0v) is 10.4. The van der Waals surface area contributed by atoms with Crippen molar-refractivity contribution in [3.63, 3.8) is 0 Å². The van der Waals surface area contributed by atoms with Gasteiger partial charge in [0, 0.05) is 11.6 Å². The van der Waals surface area contributed by atoms with Crippen molar-refractivity contribution < 1.29 is 0 Å². The SMILES string of the molecule is CCCC(C)NC(C)(C)C1CCCC1. The van der Waals surface area contributed by atoms with Crippen LogP contribution in [0.2, 0.25) is 0 Å². The Morgan fingerprint density at radius 1 is 1.29 bits per heavy atom. The lowest BCUT2D eigenvalue weighted by Crippen LogP contribution is -2.49. The predicted molar refractivity (Wildman–Crippen MR) is 63.5 cm³/mol. The fourth-order valence-electron chi connectivity index (χ4n) is 2.91. The molecule has 0 aliphatic heterocycles. The first-order chi connectivity index (χ1) is 6.56. The molecule has 0 heterocycles. The maximum Gasteiger partial charge on any atom is 0.0155 e. The van der Waals surface area contributed by atoms with Crippen LogP contribution < -0.4 is 5.32 Å². The number of hydrogen-bond acceptors (Lipinski definition) is 1. The molecule has 1 fully saturated rings. The minimum absolute atomic E-state index is 0.352. The largest absolute Gasteiger partial charge is 0.309 e. The summed E-state index contributed by atoms with van der Waals surface area (Å²) in [7, 11) is 0. The molecule has 1 rings (SSSR count). The van der Waals surface area contributed by atoms with Crippen molar-refractivity contribution in [2.24, 2.45) is 5.92 Å². The quantitative estimate of drug-likeness (QED) is 0.708. The molecule has 0 spiro atoms. The smallest absolute Gasteiger partial charge is 0.0155 e. The van der Waals surface area contributed by atoms with Crippen LogP contribution >= 0.6 is 0 Å². The van der Waals surface area contributed by atoms with Crippen molar-refractivity contribution in [1.82, 2.24) is 5.32 Å². The molecular weight excluding hydrogens is 170 g/mol. The van der Waals surface area contributed by atoms with Gasteiger partial charge in [-0.15, -0.1) is 0 Å². The first-order valence-electron chi connectivity index (χ1n) is 6.34. The molecule has 1 N–H and O–H groups in total. The average molecular weight is 197 g/mol. The van der Waals surface area contributed by atoms with Gasteiger partial charge in [-0.2, -0.15) is 0 Å². The van der Waals surface area contributed by atoms with Crippen LogP contribution in [-0.2, 0) is 0 Å². The van der Waals surface area contributed by atoms with E-state index in [0.717, 1.165) is 5.92 Å². The summed E-state index contributed by atoms with van der Waals surface area (Å²) in [6.45, 7) is 9.35. The Hall–Kier alpha value is -0.0400. The molecule has 1 aliphatic rings. The summed E-state index contributed by atoms with van der Waals surface area (Å²) in [6.07, 6.45) is 8.33. The second-order valence-electron chi connectivity index (χ2n) is 5.54. The third-order valence-electron chi connectivity index (χ3n) is 3.72. The molecule has 0 bridgehead atoms. The van der Waals surface area contributed by atoms with Gasteiger partial charge in [0.2, 0.25) is 0 Å². The molecule has 1 atom stereocenters. The van der Waals surface area contributed by atoms with Crippen LogP contribution in [0, 0.1) is 5.92 Å². The van der Waals surface area contributed by atoms with Gasteiger partial charge in [0.15, 0.2) is 0 Å². The summed E-state index contributed by atoms with van der Waals surface area (Å²) < 4.78 is 0. The summed E-state index contributed by atoms with van der Waals surface area (Å²) in [5.74, 6) is 0.904. The minimum atomic E-state index is 0.352. The van der Waals surface area contributed by atoms with Crippen molar-refractivity contribution in [1.29, 1.82) is 0 Å². The lowest BCUT2D eigenvalue weighted by molar-refractivity contribution is 0.229. The van der Waals surface area contributed by atoms with Crippen molar-refractivity contribution >= 4 is 0 Å². The standard InChI is InChI=1S/C13H27N/c1-5-8-11(2)14-13(3,4)12-9-6-7-10-12/h11-12,14H,5-10H2,1-4H3. The maximum atomic E-state index is 3.80. The molecule has 0 saturated heterocycles. The summed E-state index contributed by atoms with van der Waals surface area (Å²) in [4.78, 5) is 0. The zero-order valence-electron chi connectivity index (χ0n) is 10.4. The molecule has 0 radical (unpaired) electrons. The van der Waals surface area contributed by atoms with E-state index in [1.54, 1.807) is 0 Å². The van der Waals surface area contributed by atoms with E-state index in [4.69, 9.17) is 0 Å². The Balaban J connectivity index is 2.39. The number of nitrogens with one attached hydrogen (secondary N) is 1. The highest BCUT2D eigenvalue weighted by atomic mass is 15.0. The molecule has 1 heteroatoms. The highest BCUT2D eigenvalue weighted by Gasteiger charge is 2.32. The van der Waals surface area contributed by atoms with Gasteiger partial charge < -0.3 is 5.32 Å². The van der Waals surface area contributed by atoms with Crippen molar-refractivity contribution in [2.45, 2.75) is 77.8 Å². The maximum absolute atomic E-state index is 3.80. The van der Waals surface area contributed by atoms with Crippen LogP contribution in [-0.4, -0.2) is 11.6 Å². The molecular formula is C13H27N. The highest BCUT2D eigenvalue weighted by molar-refractivity contribution is 4.90. The Labute approximate surface area is 89.7 Å². The van der Waals surface area contributed by atoms with Crippen molar-refractivity contribution in [3.8, 4) is 0 Å². The molecule has 1 nitrogen and oxygen atoms in total. The van der Waals surface area contributed by atoms with E-state index in [0.29, 0.717) is 11.6 Å². The van der Waals surface area contributed by atoms with Crippen LogP contribution in [0.4, 0.5) is 0 Å². The van der Waals surface area contributed by atoms with E-state index < -0.39 is 0 Å². The first kappa shape index (κ1) is 12.0. The van der Waals surface area contributed by atoms with Crippen molar-refractivity contribution in [2.75, 3.05) is 0 Å². The second-order valence-corrected chi connectivity index (χ2v) is 5.54. The van der Waals surface area contributed by atoms with Gasteiger partial charge >= 0.3 is 0 Å². The summed E-state index contributed by atoms with van der Waals surface area (Å²) >= 11 is 0. The summed E-state index contributed by atoms with van der Waals surface area (Å²) in [6, 6.07) is 0.676. The number of hydrogen-bond donors (Lipinski definition) is 1. The Kier molecular flexibility index (Phi) is 4.43. The van der Waals surface area contributed by atoms with Gasteiger partial charge in [0.05, 0.1) is 0 Å². The third kappa shape index (κ3) is 3.27. The van der Waals surface area contributed by atoms with Crippen molar-refractivity contribution in [3.05, 3.63) is 0 Å². The summed E-state index contributed by atoms with van der Waals surface area (Å²) in [5, 5.41) is 3.80. The van der Waals surface area contributed by atoms with Gasteiger partial charge in [-0.1, -0.05) is 26.2 Å². The van der Waals surface area contributed by atoms with E-state index in [2.05, 4.69) is 33.0 Å². The van der Waals surface area contributed by atoms with Crippen LogP contribution in [0.25, 0.3) is 0 Å². The van der Waals surface area contributed by atoms with E-state index >= 15 is 0 Å². The lowest BCUT2D eigenvalue weighted by atomic mass is 9.85. The lowest BCUT2D eigenvalue weighted by Gasteiger charge is -2.36. The van der Waals surface area contributed by atoms with Crippen LogP contribution in [0.15, 0.2) is 0 Å². The molecule has 14 heavy (non-hydrogen) atoms. The van der Waals surface area contributed by atoms with Crippen LogP contribution in [0.1, 0.15) is 66.2 Å². The van der Waals surface area contributed by atoms with Crippen LogP contribution in [0.5, 0.6) is 0 Å². The Morgan fingerprint density at radius 3 is 2.36 bits per heavy atom. The predicted octanol–water partition coefficient (Wildman–Crippen LogP) is 3.73. The Morgan fingerprint density at radius 2 is 1.86 bits per heavy atom. The van der Waals surface area contributed by atoms with E-state index in [1.165, 1.54) is 38.5 Å². The average Bonchev–Trinajstić information content (AvgIpc) is 2.54. The number of rotatable bonds is 5. The third-order valence-corrected chi connectivity index (χ3v) is 3.72. The molecule has 1 unspecified atom stereocenters. The van der Waals surface area contributed by atoms with Gasteiger partial charge in [0.25, 0.3) is 0 Å². The van der Waals surface area contributed by atoms with Gasteiger partial charge in [-0.3, -0.25) is 0 Å². The Bertz CT molecular complexity index is 157. The van der Waals surface area contributed by atoms with Gasteiger partial charge in [0.1, 0.15) is 0 Å². The first-order valence-corrected chi connectivity index (χ1v) is 6.34. The van der Waals surface area contributed by atoms with E-state index in [1.807, 2.05) is 0 Å². The summed E-state index contributed by atoms with van der Waals surface area (Å²) in [5.41, 5.74) is 0.352. The molecule has 0 aromatic rings. The monoisotopic (exact) mass is 197 g/mol. The molecule has 0 aromatic heterocycles. The topological polar surface area (TPSA) is 12.0 Å². The normalized spacial score (nSPS) is 21.4. The van der Waals surface area contributed by atoms with E-state index in [9.17, 15) is 0 Å². The van der Waals surface area contributed by atoms with Gasteiger partial charge in [-0.25, -0.2) is 0 Å². The second kappa shape index (κ2) is 5.16. The molecule has 84 valence electrons. The molecule has 1 aliphatic carbocycles. The fourth-order valence-corrected chi connectivity index (χ4v) is 2.91. The molecule has 1 saturated carbocycles. The van der Waals surface area contributed by atoms with E-state index in [-0.39, 0.29) is 0 Å². The minimum Gasteiger partial charge on any atom is -0.309 e. The van der Waals surface area contributed by atoms with Gasteiger partial charge in [-0.05, 0) is 46.0 Å². The fraction of sp³-hybridized carbons (Fsp3) is 1.00.